The van der Waals surface area contributed by atoms with E-state index < -0.39 is 5.25 Å². The molecular formula is C18H14Cl3N3O3S. The number of halogens is 3. The first-order valence-corrected chi connectivity index (χ1v) is 9.98. The molecule has 3 rings (SSSR count). The SMILES string of the molecule is COc1ccc(-c2nnc(S[C@H](C)C(=O)Nc3c(Cl)cc(Cl)cc3Cl)o2)cc1. The van der Waals surface area contributed by atoms with E-state index in [0.717, 1.165) is 23.1 Å². The van der Waals surface area contributed by atoms with Gasteiger partial charge in [-0.25, -0.2) is 0 Å². The van der Waals surface area contributed by atoms with Crippen molar-refractivity contribution in [2.75, 3.05) is 12.4 Å². The van der Waals surface area contributed by atoms with Crippen molar-refractivity contribution in [2.24, 2.45) is 0 Å². The van der Waals surface area contributed by atoms with E-state index >= 15 is 0 Å². The van der Waals surface area contributed by atoms with Crippen LogP contribution in [-0.4, -0.2) is 28.5 Å². The zero-order chi connectivity index (χ0) is 20.3. The van der Waals surface area contributed by atoms with Crippen LogP contribution in [-0.2, 0) is 4.79 Å². The third kappa shape index (κ3) is 4.91. The number of anilines is 1. The lowest BCUT2D eigenvalue weighted by Crippen LogP contribution is -2.22. The molecular weight excluding hydrogens is 445 g/mol. The summed E-state index contributed by atoms with van der Waals surface area (Å²) in [4.78, 5) is 12.5. The van der Waals surface area contributed by atoms with Gasteiger partial charge in [-0.15, -0.1) is 10.2 Å². The molecule has 6 nitrogen and oxygen atoms in total. The van der Waals surface area contributed by atoms with Gasteiger partial charge in [0, 0.05) is 10.6 Å². The lowest BCUT2D eigenvalue weighted by atomic mass is 10.2. The molecule has 0 aliphatic carbocycles. The predicted molar refractivity (Wildman–Crippen MR) is 112 cm³/mol. The molecule has 0 saturated carbocycles. The predicted octanol–water partition coefficient (Wildman–Crippen LogP) is 5.82. The van der Waals surface area contributed by atoms with Crippen LogP contribution in [0, 0.1) is 0 Å². The summed E-state index contributed by atoms with van der Waals surface area (Å²) in [6.07, 6.45) is 0. The molecule has 1 atom stereocenters. The quantitative estimate of drug-likeness (QED) is 0.469. The van der Waals surface area contributed by atoms with E-state index in [1.54, 1.807) is 26.2 Å². The molecule has 1 heterocycles. The largest absolute Gasteiger partial charge is 0.497 e. The summed E-state index contributed by atoms with van der Waals surface area (Å²) >= 11 is 19.2. The van der Waals surface area contributed by atoms with Crippen LogP contribution in [0.15, 0.2) is 46.0 Å². The zero-order valence-corrected chi connectivity index (χ0v) is 17.8. The number of nitrogens with zero attached hydrogens (tertiary/aromatic N) is 2. The Bertz CT molecular complexity index is 972. The van der Waals surface area contributed by atoms with Gasteiger partial charge in [0.1, 0.15) is 5.75 Å². The van der Waals surface area contributed by atoms with Gasteiger partial charge < -0.3 is 14.5 Å². The van der Waals surface area contributed by atoms with Gasteiger partial charge in [0.2, 0.25) is 11.8 Å². The second-order valence-electron chi connectivity index (χ2n) is 5.60. The Balaban J connectivity index is 1.67. The first-order valence-electron chi connectivity index (χ1n) is 7.97. The van der Waals surface area contributed by atoms with Crippen molar-refractivity contribution in [1.29, 1.82) is 0 Å². The average molecular weight is 459 g/mol. The van der Waals surface area contributed by atoms with Gasteiger partial charge in [0.05, 0.1) is 28.1 Å². The van der Waals surface area contributed by atoms with Crippen molar-refractivity contribution in [3.8, 4) is 17.2 Å². The number of aromatic nitrogens is 2. The van der Waals surface area contributed by atoms with Crippen LogP contribution < -0.4 is 10.1 Å². The number of amides is 1. The summed E-state index contributed by atoms with van der Waals surface area (Å²) in [7, 11) is 1.59. The summed E-state index contributed by atoms with van der Waals surface area (Å²) in [6.45, 7) is 1.70. The second kappa shape index (κ2) is 9.05. The lowest BCUT2D eigenvalue weighted by molar-refractivity contribution is -0.115. The van der Waals surface area contributed by atoms with Crippen molar-refractivity contribution in [1.82, 2.24) is 10.2 Å². The normalized spacial score (nSPS) is 11.9. The van der Waals surface area contributed by atoms with E-state index in [4.69, 9.17) is 44.0 Å². The number of carbonyl (C=O) groups excluding carboxylic acids is 1. The molecule has 1 amide bonds. The molecule has 10 heteroatoms. The third-order valence-corrected chi connectivity index (χ3v) is 5.39. The highest BCUT2D eigenvalue weighted by Gasteiger charge is 2.21. The van der Waals surface area contributed by atoms with Gasteiger partial charge >= 0.3 is 0 Å². The molecule has 146 valence electrons. The van der Waals surface area contributed by atoms with Gasteiger partial charge in [-0.05, 0) is 43.3 Å². The number of rotatable bonds is 6. The highest BCUT2D eigenvalue weighted by atomic mass is 35.5. The highest BCUT2D eigenvalue weighted by Crippen LogP contribution is 2.34. The topological polar surface area (TPSA) is 77.2 Å². The molecule has 1 N–H and O–H groups in total. The van der Waals surface area contributed by atoms with E-state index in [1.165, 1.54) is 12.1 Å². The average Bonchev–Trinajstić information content (AvgIpc) is 3.13. The Labute approximate surface area is 180 Å². The van der Waals surface area contributed by atoms with Crippen LogP contribution in [0.5, 0.6) is 5.75 Å². The number of nitrogens with one attached hydrogen (secondary N) is 1. The lowest BCUT2D eigenvalue weighted by Gasteiger charge is -2.12. The van der Waals surface area contributed by atoms with Crippen LogP contribution in [0.2, 0.25) is 15.1 Å². The van der Waals surface area contributed by atoms with Crippen molar-refractivity contribution >= 4 is 58.2 Å². The minimum absolute atomic E-state index is 0.252. The summed E-state index contributed by atoms with van der Waals surface area (Å²) in [5.74, 6) is 0.754. The molecule has 0 saturated heterocycles. The number of methoxy groups -OCH3 is 1. The van der Waals surface area contributed by atoms with Gasteiger partial charge in [-0.2, -0.15) is 0 Å². The minimum atomic E-state index is -0.535. The maximum Gasteiger partial charge on any atom is 0.277 e. The molecule has 0 spiro atoms. The Morgan fingerprint density at radius 2 is 1.79 bits per heavy atom. The standard InChI is InChI=1S/C18H14Cl3N3O3S/c1-9(16(25)22-15-13(20)7-11(19)8-14(15)21)28-18-24-23-17(27-18)10-3-5-12(26-2)6-4-10/h3-9H,1-2H3,(H,22,25)/t9-/m1/s1. The molecule has 0 bridgehead atoms. The van der Waals surface area contributed by atoms with Crippen LogP contribution >= 0.6 is 46.6 Å². The Hall–Kier alpha value is -1.93. The minimum Gasteiger partial charge on any atom is -0.497 e. The number of benzene rings is 2. The Morgan fingerprint density at radius 3 is 2.39 bits per heavy atom. The molecule has 0 unspecified atom stereocenters. The van der Waals surface area contributed by atoms with E-state index in [1.807, 2.05) is 12.1 Å². The van der Waals surface area contributed by atoms with Crippen LogP contribution in [0.4, 0.5) is 5.69 Å². The Morgan fingerprint density at radius 1 is 1.14 bits per heavy atom. The van der Waals surface area contributed by atoms with Gasteiger partial charge in [0.15, 0.2) is 0 Å². The van der Waals surface area contributed by atoms with E-state index in [-0.39, 0.29) is 21.2 Å². The summed E-state index contributed by atoms with van der Waals surface area (Å²) in [5, 5.41) is 11.3. The fourth-order valence-corrected chi connectivity index (χ4v) is 3.79. The van der Waals surface area contributed by atoms with Crippen molar-refractivity contribution < 1.29 is 13.9 Å². The first kappa shape index (κ1) is 20.8. The van der Waals surface area contributed by atoms with Gasteiger partial charge in [-0.3, -0.25) is 4.79 Å². The zero-order valence-electron chi connectivity index (χ0n) is 14.7. The summed E-state index contributed by atoms with van der Waals surface area (Å²) in [6, 6.07) is 10.2. The molecule has 28 heavy (non-hydrogen) atoms. The van der Waals surface area contributed by atoms with Crippen LogP contribution in [0.1, 0.15) is 6.92 Å². The van der Waals surface area contributed by atoms with Gasteiger partial charge in [-0.1, -0.05) is 46.6 Å². The van der Waals surface area contributed by atoms with E-state index in [2.05, 4.69) is 15.5 Å². The van der Waals surface area contributed by atoms with Crippen molar-refractivity contribution in [2.45, 2.75) is 17.4 Å². The van der Waals surface area contributed by atoms with E-state index in [0.29, 0.717) is 16.6 Å². The number of carbonyl (C=O) groups is 1. The van der Waals surface area contributed by atoms with E-state index in [9.17, 15) is 4.79 Å². The van der Waals surface area contributed by atoms with Crippen molar-refractivity contribution in [3.05, 3.63) is 51.5 Å². The molecule has 0 radical (unpaired) electrons. The molecule has 0 aliphatic heterocycles. The summed E-state index contributed by atoms with van der Waals surface area (Å²) in [5.41, 5.74) is 1.05. The fraction of sp³-hybridized carbons (Fsp3) is 0.167. The van der Waals surface area contributed by atoms with Crippen LogP contribution in [0.25, 0.3) is 11.5 Å². The fourth-order valence-electron chi connectivity index (χ4n) is 2.20. The van der Waals surface area contributed by atoms with Crippen molar-refractivity contribution in [3.63, 3.8) is 0 Å². The second-order valence-corrected chi connectivity index (χ2v) is 8.14. The number of thioether (sulfide) groups is 1. The number of hydrogen-bond donors (Lipinski definition) is 1. The number of hydrogen-bond acceptors (Lipinski definition) is 6. The Kier molecular flexibility index (Phi) is 6.72. The maximum atomic E-state index is 12.5. The first-order chi connectivity index (χ1) is 13.4. The summed E-state index contributed by atoms with van der Waals surface area (Å²) < 4.78 is 10.7. The molecule has 0 aliphatic rings. The molecule has 1 aromatic heterocycles. The molecule has 0 fully saturated rings. The number of ether oxygens (including phenoxy) is 1. The third-order valence-electron chi connectivity index (χ3n) is 3.65. The molecule has 3 aromatic rings. The van der Waals surface area contributed by atoms with Gasteiger partial charge in [0.25, 0.3) is 5.22 Å². The van der Waals surface area contributed by atoms with Crippen LogP contribution in [0.3, 0.4) is 0 Å². The highest BCUT2D eigenvalue weighted by molar-refractivity contribution is 8.00. The smallest absolute Gasteiger partial charge is 0.277 e. The maximum absolute atomic E-state index is 12.5. The molecule has 2 aromatic carbocycles. The monoisotopic (exact) mass is 457 g/mol.